The first kappa shape index (κ1) is 14.5. The quantitative estimate of drug-likeness (QED) is 0.595. The van der Waals surface area contributed by atoms with E-state index in [4.69, 9.17) is 16.3 Å². The topological polar surface area (TPSA) is 105 Å². The number of terminal acetylenes is 1. The molecule has 1 aromatic rings. The van der Waals surface area contributed by atoms with E-state index in [9.17, 15) is 14.7 Å². The number of aliphatic hydroxyl groups excluding tert-OH is 2. The zero-order chi connectivity index (χ0) is 14.9. The molecule has 0 aromatic carbocycles. The van der Waals surface area contributed by atoms with Gasteiger partial charge in [0, 0.05) is 18.2 Å². The molecule has 1 aliphatic rings. The number of aliphatic hydroxyl groups is 2. The molecule has 0 aliphatic carbocycles. The van der Waals surface area contributed by atoms with E-state index in [1.165, 1.54) is 10.8 Å². The smallest absolute Gasteiger partial charge is 0.330 e. The fourth-order valence-electron chi connectivity index (χ4n) is 2.41. The molecule has 0 bridgehead atoms. The lowest BCUT2D eigenvalue weighted by Gasteiger charge is -2.29. The highest BCUT2D eigenvalue weighted by molar-refractivity contribution is 5.07. The number of ether oxygens (including phenoxy) is 1. The molecule has 1 aliphatic heterocycles. The third-order valence-electron chi connectivity index (χ3n) is 3.45. The van der Waals surface area contributed by atoms with Crippen LogP contribution in [-0.2, 0) is 10.5 Å². The summed E-state index contributed by atoms with van der Waals surface area (Å²) >= 11 is 0. The Bertz CT molecular complexity index is 656. The Kier molecular flexibility index (Phi) is 3.81. The zero-order valence-electron chi connectivity index (χ0n) is 11.0. The number of nitrogens with zero attached hydrogens (tertiary/aromatic N) is 1. The van der Waals surface area contributed by atoms with E-state index in [0.717, 1.165) is 0 Å². The monoisotopic (exact) mass is 280 g/mol. The Balaban J connectivity index is 2.56. The minimum absolute atomic E-state index is 0.0337. The number of H-pyrrole nitrogens is 1. The van der Waals surface area contributed by atoms with Gasteiger partial charge in [-0.1, -0.05) is 0 Å². The van der Waals surface area contributed by atoms with Crippen LogP contribution in [-0.4, -0.2) is 38.6 Å². The highest BCUT2D eigenvalue weighted by atomic mass is 16.6. The molecule has 2 rings (SSSR count). The lowest BCUT2D eigenvalue weighted by atomic mass is 10.0. The Morgan fingerprint density at radius 1 is 1.65 bits per heavy atom. The predicted molar refractivity (Wildman–Crippen MR) is 70.1 cm³/mol. The van der Waals surface area contributed by atoms with Gasteiger partial charge in [0.25, 0.3) is 5.56 Å². The number of aryl methyl sites for hydroxylation is 1. The van der Waals surface area contributed by atoms with Crippen molar-refractivity contribution in [2.24, 2.45) is 0 Å². The van der Waals surface area contributed by atoms with Crippen molar-refractivity contribution in [2.75, 3.05) is 6.61 Å². The van der Waals surface area contributed by atoms with Crippen molar-refractivity contribution in [2.45, 2.75) is 37.7 Å². The first-order valence-electron chi connectivity index (χ1n) is 6.17. The van der Waals surface area contributed by atoms with E-state index in [2.05, 4.69) is 10.9 Å². The third-order valence-corrected chi connectivity index (χ3v) is 3.45. The summed E-state index contributed by atoms with van der Waals surface area (Å²) in [6.45, 7) is 1.16. The fraction of sp³-hybridized carbons (Fsp3) is 0.538. The fourth-order valence-corrected chi connectivity index (χ4v) is 2.41. The molecule has 20 heavy (non-hydrogen) atoms. The standard InChI is InChI=1S/C13H16N2O5/c1-3-4-13(5-9(17)10(7-16)20-13)15-6-8(2)11(18)14-12(15)19/h1,6,9-10,16-17H,4-5,7H2,2H3,(H,14,18,19)/t9-,10+,13+/m0/s1. The van der Waals surface area contributed by atoms with E-state index in [1.54, 1.807) is 6.92 Å². The third kappa shape index (κ3) is 2.29. The van der Waals surface area contributed by atoms with Crippen molar-refractivity contribution in [3.63, 3.8) is 0 Å². The van der Waals surface area contributed by atoms with Crippen LogP contribution >= 0.6 is 0 Å². The highest BCUT2D eigenvalue weighted by Crippen LogP contribution is 2.36. The first-order valence-corrected chi connectivity index (χ1v) is 6.17. The second kappa shape index (κ2) is 5.25. The largest absolute Gasteiger partial charge is 0.394 e. The maximum atomic E-state index is 12.0. The SMILES string of the molecule is C#CC[C@]1(n2cc(C)c(=O)[nH]c2=O)C[C@H](O)[C@@H](CO)O1. The molecular formula is C13H16N2O5. The Morgan fingerprint density at radius 2 is 2.35 bits per heavy atom. The van der Waals surface area contributed by atoms with E-state index in [0.29, 0.717) is 5.56 Å². The summed E-state index contributed by atoms with van der Waals surface area (Å²) in [6, 6.07) is 0. The second-order valence-corrected chi connectivity index (χ2v) is 4.88. The molecule has 0 spiro atoms. The maximum absolute atomic E-state index is 12.0. The molecule has 3 atom stereocenters. The summed E-state index contributed by atoms with van der Waals surface area (Å²) < 4.78 is 6.79. The van der Waals surface area contributed by atoms with E-state index in [-0.39, 0.29) is 19.4 Å². The molecule has 0 saturated carbocycles. The van der Waals surface area contributed by atoms with Crippen LogP contribution in [0.3, 0.4) is 0 Å². The van der Waals surface area contributed by atoms with Gasteiger partial charge < -0.3 is 14.9 Å². The maximum Gasteiger partial charge on any atom is 0.330 e. The average Bonchev–Trinajstić information content (AvgIpc) is 2.71. The summed E-state index contributed by atoms with van der Waals surface area (Å²) in [5, 5.41) is 19.1. The summed E-state index contributed by atoms with van der Waals surface area (Å²) in [4.78, 5) is 25.6. The van der Waals surface area contributed by atoms with Gasteiger partial charge in [-0.25, -0.2) is 4.79 Å². The van der Waals surface area contributed by atoms with Gasteiger partial charge >= 0.3 is 5.69 Å². The normalized spacial score (nSPS) is 29.3. The van der Waals surface area contributed by atoms with Crippen LogP contribution in [0.1, 0.15) is 18.4 Å². The summed E-state index contributed by atoms with van der Waals surface area (Å²) in [5.74, 6) is 2.41. The van der Waals surface area contributed by atoms with Gasteiger partial charge in [-0.3, -0.25) is 14.3 Å². The number of hydrogen-bond acceptors (Lipinski definition) is 5. The van der Waals surface area contributed by atoms with Crippen LogP contribution in [0.5, 0.6) is 0 Å². The number of aromatic nitrogens is 2. The van der Waals surface area contributed by atoms with Crippen molar-refractivity contribution in [1.29, 1.82) is 0 Å². The first-order chi connectivity index (χ1) is 9.43. The lowest BCUT2D eigenvalue weighted by molar-refractivity contribution is -0.116. The van der Waals surface area contributed by atoms with Crippen LogP contribution < -0.4 is 11.2 Å². The molecule has 2 heterocycles. The summed E-state index contributed by atoms with van der Waals surface area (Å²) in [5.41, 5.74) is -2.08. The van der Waals surface area contributed by atoms with Crippen molar-refractivity contribution in [1.82, 2.24) is 9.55 Å². The Labute approximate surface area is 114 Å². The van der Waals surface area contributed by atoms with E-state index in [1.807, 2.05) is 0 Å². The van der Waals surface area contributed by atoms with Gasteiger partial charge in [0.2, 0.25) is 0 Å². The molecule has 7 heteroatoms. The average molecular weight is 280 g/mol. The van der Waals surface area contributed by atoms with Gasteiger partial charge in [0.15, 0.2) is 5.72 Å². The van der Waals surface area contributed by atoms with Crippen molar-refractivity contribution in [3.05, 3.63) is 32.6 Å². The zero-order valence-corrected chi connectivity index (χ0v) is 11.0. The minimum atomic E-state index is -1.26. The van der Waals surface area contributed by atoms with Crippen LogP contribution in [0.2, 0.25) is 0 Å². The molecule has 0 unspecified atom stereocenters. The number of hydrogen-bond donors (Lipinski definition) is 3. The van der Waals surface area contributed by atoms with Crippen LogP contribution in [0.15, 0.2) is 15.8 Å². The molecule has 7 nitrogen and oxygen atoms in total. The van der Waals surface area contributed by atoms with Gasteiger partial charge in [0.1, 0.15) is 6.10 Å². The number of aromatic amines is 1. The highest BCUT2D eigenvalue weighted by Gasteiger charge is 2.47. The Morgan fingerprint density at radius 3 is 2.90 bits per heavy atom. The minimum Gasteiger partial charge on any atom is -0.394 e. The van der Waals surface area contributed by atoms with Gasteiger partial charge in [-0.05, 0) is 6.92 Å². The van der Waals surface area contributed by atoms with Crippen LogP contribution in [0.25, 0.3) is 0 Å². The van der Waals surface area contributed by atoms with Gasteiger partial charge in [-0.2, -0.15) is 0 Å². The second-order valence-electron chi connectivity index (χ2n) is 4.88. The van der Waals surface area contributed by atoms with Gasteiger partial charge in [0.05, 0.1) is 19.1 Å². The van der Waals surface area contributed by atoms with Crippen molar-refractivity contribution in [3.8, 4) is 12.3 Å². The van der Waals surface area contributed by atoms with Crippen LogP contribution in [0, 0.1) is 19.3 Å². The van der Waals surface area contributed by atoms with E-state index >= 15 is 0 Å². The molecule has 0 radical (unpaired) electrons. The van der Waals surface area contributed by atoms with E-state index < -0.39 is 29.2 Å². The predicted octanol–water partition coefficient (Wildman–Crippen LogP) is -1.34. The number of rotatable bonds is 3. The molecule has 108 valence electrons. The van der Waals surface area contributed by atoms with Gasteiger partial charge in [-0.15, -0.1) is 12.3 Å². The molecule has 1 aromatic heterocycles. The molecule has 3 N–H and O–H groups in total. The molecule has 0 amide bonds. The molecular weight excluding hydrogens is 264 g/mol. The lowest BCUT2D eigenvalue weighted by Crippen LogP contribution is -2.44. The molecule has 1 fully saturated rings. The van der Waals surface area contributed by atoms with Crippen molar-refractivity contribution < 1.29 is 14.9 Å². The van der Waals surface area contributed by atoms with Crippen molar-refractivity contribution >= 4 is 0 Å². The number of nitrogens with one attached hydrogen (secondary N) is 1. The summed E-state index contributed by atoms with van der Waals surface area (Å²) in [6.07, 6.45) is 5.01. The van der Waals surface area contributed by atoms with Crippen LogP contribution in [0.4, 0.5) is 0 Å². The summed E-state index contributed by atoms with van der Waals surface area (Å²) in [7, 11) is 0. The molecule has 1 saturated heterocycles. The Hall–Kier alpha value is -1.88.